The van der Waals surface area contributed by atoms with Gasteiger partial charge in [0.1, 0.15) is 0 Å². The molecule has 0 amide bonds. The van der Waals surface area contributed by atoms with Crippen molar-refractivity contribution in [3.8, 4) is 0 Å². The van der Waals surface area contributed by atoms with Crippen LogP contribution in [-0.4, -0.2) is 16.0 Å². The first-order valence-corrected chi connectivity index (χ1v) is 7.36. The molecule has 20 heavy (non-hydrogen) atoms. The molecule has 0 spiro atoms. The van der Waals surface area contributed by atoms with Gasteiger partial charge in [0.25, 0.3) is 5.69 Å². The predicted molar refractivity (Wildman–Crippen MR) is 74.8 cm³/mol. The first-order chi connectivity index (χ1) is 9.66. The maximum absolute atomic E-state index is 10.6. The number of rotatable bonds is 4. The van der Waals surface area contributed by atoms with Gasteiger partial charge in [-0.2, -0.15) is 0 Å². The highest BCUT2D eigenvalue weighted by atomic mass is 16.8. The summed E-state index contributed by atoms with van der Waals surface area (Å²) in [4.78, 5) is 15.9. The van der Waals surface area contributed by atoms with Crippen molar-refractivity contribution in [1.82, 2.24) is 5.06 Å². The van der Waals surface area contributed by atoms with Gasteiger partial charge in [0.05, 0.1) is 4.92 Å². The zero-order valence-corrected chi connectivity index (χ0v) is 11.7. The Morgan fingerprint density at radius 2 is 1.90 bits per heavy atom. The van der Waals surface area contributed by atoms with Gasteiger partial charge < -0.3 is 0 Å². The summed E-state index contributed by atoms with van der Waals surface area (Å²) in [5.41, 5.74) is 1.12. The molecule has 1 heterocycles. The van der Waals surface area contributed by atoms with E-state index in [0.29, 0.717) is 12.0 Å². The topological polar surface area (TPSA) is 58.7 Å². The molecule has 108 valence electrons. The molecule has 0 aromatic heterocycles. The molecular weight excluding hydrogens is 256 g/mol. The van der Waals surface area contributed by atoms with Crippen LogP contribution >= 0.6 is 0 Å². The van der Waals surface area contributed by atoms with Crippen LogP contribution < -0.4 is 0 Å². The summed E-state index contributed by atoms with van der Waals surface area (Å²) in [5, 5.41) is 12.7. The fourth-order valence-electron chi connectivity index (χ4n) is 3.19. The van der Waals surface area contributed by atoms with Crippen molar-refractivity contribution >= 4 is 5.69 Å². The smallest absolute Gasteiger partial charge is 0.269 e. The molecule has 2 fully saturated rings. The second-order valence-electron chi connectivity index (χ2n) is 5.80. The summed E-state index contributed by atoms with van der Waals surface area (Å²) < 4.78 is 0. The Labute approximate surface area is 118 Å². The monoisotopic (exact) mass is 276 g/mol. The number of benzene rings is 1. The van der Waals surface area contributed by atoms with Crippen LogP contribution in [0, 0.1) is 16.0 Å². The Bertz CT molecular complexity index is 482. The van der Waals surface area contributed by atoms with E-state index < -0.39 is 0 Å². The molecule has 1 saturated heterocycles. The standard InChI is InChI=1S/C15H20N2O3/c1-11(12-5-3-2-4-6-12)16-15(20-16)13-7-9-14(10-8-13)17(18)19/h7-12,15H,2-6H2,1H3/t11-,15-,16?/m1/s1. The summed E-state index contributed by atoms with van der Waals surface area (Å²) in [5.74, 6) is 0.715. The first-order valence-electron chi connectivity index (χ1n) is 7.36. The molecule has 3 rings (SSSR count). The molecule has 0 bridgehead atoms. The third kappa shape index (κ3) is 2.69. The second kappa shape index (κ2) is 5.50. The predicted octanol–water partition coefficient (Wildman–Crippen LogP) is 3.81. The second-order valence-corrected chi connectivity index (χ2v) is 5.80. The molecule has 1 aromatic rings. The summed E-state index contributed by atoms with van der Waals surface area (Å²) in [6.45, 7) is 2.22. The van der Waals surface area contributed by atoms with Crippen molar-refractivity contribution in [2.24, 2.45) is 5.92 Å². The fourth-order valence-corrected chi connectivity index (χ4v) is 3.19. The van der Waals surface area contributed by atoms with Gasteiger partial charge in [-0.15, -0.1) is 5.06 Å². The van der Waals surface area contributed by atoms with Crippen LogP contribution in [0.25, 0.3) is 0 Å². The molecule has 3 atom stereocenters. The van der Waals surface area contributed by atoms with E-state index >= 15 is 0 Å². The molecule has 1 unspecified atom stereocenters. The molecule has 5 nitrogen and oxygen atoms in total. The van der Waals surface area contributed by atoms with E-state index in [1.54, 1.807) is 24.3 Å². The highest BCUT2D eigenvalue weighted by Crippen LogP contribution is 2.43. The van der Waals surface area contributed by atoms with Crippen LogP contribution in [0.1, 0.15) is 50.8 Å². The van der Waals surface area contributed by atoms with E-state index in [1.165, 1.54) is 32.1 Å². The minimum atomic E-state index is -0.375. The van der Waals surface area contributed by atoms with Crippen LogP contribution in [-0.2, 0) is 4.84 Å². The lowest BCUT2D eigenvalue weighted by Gasteiger charge is -2.27. The highest BCUT2D eigenvalue weighted by molar-refractivity contribution is 5.34. The summed E-state index contributed by atoms with van der Waals surface area (Å²) in [7, 11) is 0. The normalized spacial score (nSPS) is 28.1. The maximum atomic E-state index is 10.6. The average Bonchev–Trinajstić information content (AvgIpc) is 3.28. The van der Waals surface area contributed by atoms with Crippen molar-refractivity contribution in [3.63, 3.8) is 0 Å². The van der Waals surface area contributed by atoms with Crippen molar-refractivity contribution in [1.29, 1.82) is 0 Å². The number of nitro groups is 1. The molecule has 1 aliphatic carbocycles. The minimum absolute atomic E-state index is 0.0206. The highest BCUT2D eigenvalue weighted by Gasteiger charge is 2.44. The van der Waals surface area contributed by atoms with E-state index in [0.717, 1.165) is 5.56 Å². The maximum Gasteiger partial charge on any atom is 0.269 e. The largest absolute Gasteiger partial charge is 0.270 e. The van der Waals surface area contributed by atoms with Gasteiger partial charge >= 0.3 is 0 Å². The number of hydrogen-bond donors (Lipinski definition) is 0. The van der Waals surface area contributed by atoms with E-state index in [-0.39, 0.29) is 16.8 Å². The quantitative estimate of drug-likeness (QED) is 0.476. The van der Waals surface area contributed by atoms with Gasteiger partial charge in [-0.1, -0.05) is 19.3 Å². The van der Waals surface area contributed by atoms with Gasteiger partial charge in [0, 0.05) is 23.7 Å². The molecule has 2 aliphatic rings. The molecule has 0 N–H and O–H groups in total. The Morgan fingerprint density at radius 1 is 1.25 bits per heavy atom. The number of nitrogens with zero attached hydrogens (tertiary/aromatic N) is 2. The van der Waals surface area contributed by atoms with E-state index in [4.69, 9.17) is 4.84 Å². The van der Waals surface area contributed by atoms with Gasteiger partial charge in [0.15, 0.2) is 6.23 Å². The summed E-state index contributed by atoms with van der Waals surface area (Å²) in [6, 6.07) is 7.09. The zero-order valence-electron chi connectivity index (χ0n) is 11.7. The van der Waals surface area contributed by atoms with Gasteiger partial charge in [-0.25, -0.2) is 0 Å². The fraction of sp³-hybridized carbons (Fsp3) is 0.600. The van der Waals surface area contributed by atoms with Crippen molar-refractivity contribution < 1.29 is 9.76 Å². The Morgan fingerprint density at radius 3 is 2.50 bits per heavy atom. The SMILES string of the molecule is C[C@H](C1CCCCC1)N1O[C@@H]1c1ccc([N+](=O)[O-])cc1. The van der Waals surface area contributed by atoms with Gasteiger partial charge in [0.2, 0.25) is 0 Å². The van der Waals surface area contributed by atoms with Crippen LogP contribution in [0.4, 0.5) is 5.69 Å². The Kier molecular flexibility index (Phi) is 3.72. The zero-order chi connectivity index (χ0) is 14.1. The van der Waals surface area contributed by atoms with Crippen LogP contribution in [0.2, 0.25) is 0 Å². The van der Waals surface area contributed by atoms with Gasteiger partial charge in [-0.05, 0) is 37.8 Å². The summed E-state index contributed by atoms with van der Waals surface area (Å²) in [6.07, 6.45) is 6.56. The number of hydroxylamine groups is 2. The van der Waals surface area contributed by atoms with E-state index in [1.807, 2.05) is 5.06 Å². The lowest BCUT2D eigenvalue weighted by atomic mass is 9.84. The molecule has 1 aromatic carbocycles. The first kappa shape index (κ1) is 13.5. The molecular formula is C15H20N2O3. The van der Waals surface area contributed by atoms with Crippen molar-refractivity contribution in [3.05, 3.63) is 39.9 Å². The lowest BCUT2D eigenvalue weighted by molar-refractivity contribution is -0.384. The third-order valence-corrected chi connectivity index (χ3v) is 4.53. The number of non-ortho nitro benzene ring substituents is 1. The lowest BCUT2D eigenvalue weighted by Crippen LogP contribution is -2.27. The third-order valence-electron chi connectivity index (χ3n) is 4.53. The Hall–Kier alpha value is -1.46. The van der Waals surface area contributed by atoms with Gasteiger partial charge in [-0.3, -0.25) is 15.0 Å². The minimum Gasteiger partial charge on any atom is -0.270 e. The summed E-state index contributed by atoms with van der Waals surface area (Å²) >= 11 is 0. The van der Waals surface area contributed by atoms with Crippen molar-refractivity contribution in [2.75, 3.05) is 0 Å². The van der Waals surface area contributed by atoms with Crippen LogP contribution in [0.3, 0.4) is 0 Å². The molecule has 0 radical (unpaired) electrons. The Balaban J connectivity index is 1.61. The van der Waals surface area contributed by atoms with E-state index in [2.05, 4.69) is 6.92 Å². The molecule has 1 aliphatic heterocycles. The van der Waals surface area contributed by atoms with Crippen molar-refractivity contribution in [2.45, 2.75) is 51.3 Å². The number of nitro benzene ring substituents is 1. The molecule has 5 heteroatoms. The van der Waals surface area contributed by atoms with Crippen LogP contribution in [0.5, 0.6) is 0 Å². The average molecular weight is 276 g/mol. The molecule has 1 saturated carbocycles. The van der Waals surface area contributed by atoms with Crippen LogP contribution in [0.15, 0.2) is 24.3 Å². The number of hydrogen-bond acceptors (Lipinski definition) is 4. The van der Waals surface area contributed by atoms with E-state index in [9.17, 15) is 10.1 Å².